The van der Waals surface area contributed by atoms with E-state index < -0.39 is 54.2 Å². The van der Waals surface area contributed by atoms with E-state index in [1.165, 1.54) is 20.2 Å². The first-order valence-corrected chi connectivity index (χ1v) is 8.21. The molecule has 1 rings (SSSR count). The van der Waals surface area contributed by atoms with E-state index in [2.05, 4.69) is 15.6 Å². The highest BCUT2D eigenvalue weighted by atomic mass is 19.4. The first-order valence-electron chi connectivity index (χ1n) is 8.21. The minimum absolute atomic E-state index is 0.484. The number of alkyl carbamates (subject to hydrolysis) is 1. The Morgan fingerprint density at radius 1 is 1.33 bits per heavy atom. The monoisotopic (exact) mass is 394 g/mol. The van der Waals surface area contributed by atoms with E-state index in [0.717, 1.165) is 10.8 Å². The van der Waals surface area contributed by atoms with Gasteiger partial charge in [0.05, 0.1) is 0 Å². The summed E-state index contributed by atoms with van der Waals surface area (Å²) in [5, 5.41) is 14.7. The van der Waals surface area contributed by atoms with Crippen LogP contribution < -0.4 is 10.6 Å². The molecule has 0 aliphatic heterocycles. The summed E-state index contributed by atoms with van der Waals surface area (Å²) >= 11 is 0. The lowest BCUT2D eigenvalue weighted by Gasteiger charge is -2.30. The molecule has 1 unspecified atom stereocenters. The number of carbonyl (C=O) groups excluding carboxylic acids is 2. The highest BCUT2D eigenvalue weighted by Crippen LogP contribution is 2.40. The van der Waals surface area contributed by atoms with Gasteiger partial charge in [-0.1, -0.05) is 0 Å². The number of nitrogens with zero attached hydrogens (tertiary/aromatic N) is 2. The summed E-state index contributed by atoms with van der Waals surface area (Å²) in [6.07, 6.45) is -4.25. The van der Waals surface area contributed by atoms with Gasteiger partial charge >= 0.3 is 12.3 Å². The lowest BCUT2D eigenvalue weighted by molar-refractivity contribution is -0.272. The van der Waals surface area contributed by atoms with Crippen LogP contribution in [0.4, 0.5) is 18.0 Å². The van der Waals surface area contributed by atoms with Gasteiger partial charge in [0.15, 0.2) is 0 Å². The van der Waals surface area contributed by atoms with Crippen molar-refractivity contribution in [1.82, 2.24) is 20.2 Å². The van der Waals surface area contributed by atoms with Gasteiger partial charge in [-0.15, -0.1) is 0 Å². The van der Waals surface area contributed by atoms with Crippen LogP contribution in [-0.2, 0) is 22.2 Å². The van der Waals surface area contributed by atoms with Crippen molar-refractivity contribution in [2.24, 2.45) is 7.05 Å². The maximum absolute atomic E-state index is 13.4. The van der Waals surface area contributed by atoms with Crippen molar-refractivity contribution in [1.29, 1.82) is 0 Å². The van der Waals surface area contributed by atoms with E-state index >= 15 is 0 Å². The van der Waals surface area contributed by atoms with Gasteiger partial charge in [0.1, 0.15) is 17.5 Å². The summed E-state index contributed by atoms with van der Waals surface area (Å²) < 4.78 is 46.2. The number of halogens is 3. The first-order chi connectivity index (χ1) is 12.2. The van der Waals surface area contributed by atoms with E-state index in [1.54, 1.807) is 20.8 Å². The molecule has 0 radical (unpaired) electrons. The number of imidazole rings is 1. The zero-order chi connectivity index (χ0) is 21.0. The Morgan fingerprint density at radius 3 is 2.37 bits per heavy atom. The van der Waals surface area contributed by atoms with Crippen LogP contribution in [-0.4, -0.2) is 51.0 Å². The van der Waals surface area contributed by atoms with Gasteiger partial charge < -0.3 is 25.0 Å². The number of rotatable bonds is 6. The Balaban J connectivity index is 2.67. The molecule has 0 aliphatic carbocycles. The summed E-state index contributed by atoms with van der Waals surface area (Å²) in [6.45, 7) is 5.81. The van der Waals surface area contributed by atoms with Crippen LogP contribution in [0.5, 0.6) is 0 Å². The van der Waals surface area contributed by atoms with Gasteiger partial charge in [-0.2, -0.15) is 13.2 Å². The van der Waals surface area contributed by atoms with Crippen molar-refractivity contribution in [3.05, 3.63) is 18.2 Å². The summed E-state index contributed by atoms with van der Waals surface area (Å²) in [4.78, 5) is 27.2. The predicted octanol–water partition coefficient (Wildman–Crippen LogP) is 1.59. The summed E-state index contributed by atoms with van der Waals surface area (Å²) in [5.41, 5.74) is -3.98. The average Bonchev–Trinajstić information content (AvgIpc) is 2.90. The van der Waals surface area contributed by atoms with Gasteiger partial charge in [-0.25, -0.2) is 9.78 Å². The van der Waals surface area contributed by atoms with Crippen LogP contribution in [0.3, 0.4) is 0 Å². The van der Waals surface area contributed by atoms with E-state index in [0.29, 0.717) is 0 Å². The van der Waals surface area contributed by atoms with Crippen LogP contribution in [0, 0.1) is 0 Å². The molecule has 1 aromatic heterocycles. The number of amides is 2. The summed E-state index contributed by atoms with van der Waals surface area (Å²) in [7, 11) is 1.32. The smallest absolute Gasteiger partial charge is 0.424 e. The summed E-state index contributed by atoms with van der Waals surface area (Å²) in [5.74, 6) is -1.30. The molecule has 0 saturated carbocycles. The van der Waals surface area contributed by atoms with Gasteiger partial charge in [-0.3, -0.25) is 4.79 Å². The van der Waals surface area contributed by atoms with Crippen molar-refractivity contribution >= 4 is 12.0 Å². The highest BCUT2D eigenvalue weighted by Gasteiger charge is 2.57. The lowest BCUT2D eigenvalue weighted by Crippen LogP contribution is -2.49. The number of aliphatic hydroxyl groups is 1. The van der Waals surface area contributed by atoms with Crippen LogP contribution in [0.1, 0.15) is 39.9 Å². The molecule has 3 N–H and O–H groups in total. The lowest BCUT2D eigenvalue weighted by atomic mass is 9.97. The normalized spacial score (nSPS) is 15.6. The standard InChI is InChI=1S/C16H25F3N4O4/c1-10(22-13(25)27-14(2,3)4)11(24)20-7-6-15(26,16(17,18)19)12-21-8-9-23(12)5/h8-10,26H,6-7H2,1-5H3,(H,20,24)(H,22,25)/t10-,15?/m0/s1. The fourth-order valence-corrected chi connectivity index (χ4v) is 2.21. The molecule has 154 valence electrons. The Bertz CT molecular complexity index is 669. The number of carbonyl (C=O) groups is 2. The predicted molar refractivity (Wildman–Crippen MR) is 89.6 cm³/mol. The van der Waals surface area contributed by atoms with Crippen molar-refractivity contribution in [2.45, 2.75) is 57.5 Å². The van der Waals surface area contributed by atoms with E-state index in [1.807, 2.05) is 0 Å². The fraction of sp³-hybridized carbons (Fsp3) is 0.688. The first kappa shape index (κ1) is 22.7. The molecule has 1 heterocycles. The molecule has 2 amide bonds. The van der Waals surface area contributed by atoms with Gasteiger partial charge in [0, 0.05) is 32.4 Å². The quantitative estimate of drug-likeness (QED) is 0.680. The molecule has 0 aromatic carbocycles. The van der Waals surface area contributed by atoms with Crippen LogP contribution in [0.15, 0.2) is 12.4 Å². The third kappa shape index (κ3) is 6.12. The van der Waals surface area contributed by atoms with Crippen molar-refractivity contribution in [3.63, 3.8) is 0 Å². The minimum atomic E-state index is -4.99. The fourth-order valence-electron chi connectivity index (χ4n) is 2.21. The largest absolute Gasteiger partial charge is 0.444 e. The Kier molecular flexibility index (Phi) is 6.87. The SMILES string of the molecule is C[C@H](NC(=O)OC(C)(C)C)C(=O)NCCC(O)(c1nccn1C)C(F)(F)F. The molecule has 27 heavy (non-hydrogen) atoms. The Morgan fingerprint density at radius 2 is 1.93 bits per heavy atom. The molecule has 0 saturated heterocycles. The van der Waals surface area contributed by atoms with Crippen molar-refractivity contribution < 1.29 is 32.6 Å². The molecular formula is C16H25F3N4O4. The van der Waals surface area contributed by atoms with Crippen LogP contribution in [0.2, 0.25) is 0 Å². The van der Waals surface area contributed by atoms with Crippen LogP contribution in [0.25, 0.3) is 0 Å². The molecule has 1 aromatic rings. The Hall–Kier alpha value is -2.30. The Labute approximate surface area is 155 Å². The number of nitrogens with one attached hydrogen (secondary N) is 2. The van der Waals surface area contributed by atoms with Gasteiger partial charge in [-0.05, 0) is 27.7 Å². The van der Waals surface area contributed by atoms with Gasteiger partial charge in [0.2, 0.25) is 11.5 Å². The molecule has 8 nitrogen and oxygen atoms in total. The minimum Gasteiger partial charge on any atom is -0.444 e. The number of hydrogen-bond acceptors (Lipinski definition) is 5. The second-order valence-electron chi connectivity index (χ2n) is 7.13. The average molecular weight is 394 g/mol. The second kappa shape index (κ2) is 8.15. The topological polar surface area (TPSA) is 105 Å². The maximum Gasteiger partial charge on any atom is 0.424 e. The van der Waals surface area contributed by atoms with Crippen molar-refractivity contribution in [2.75, 3.05) is 6.54 Å². The maximum atomic E-state index is 13.4. The molecule has 0 spiro atoms. The van der Waals surface area contributed by atoms with Crippen LogP contribution >= 0.6 is 0 Å². The zero-order valence-electron chi connectivity index (χ0n) is 15.8. The molecular weight excluding hydrogens is 369 g/mol. The number of aromatic nitrogens is 2. The molecule has 11 heteroatoms. The third-order valence-corrected chi connectivity index (χ3v) is 3.57. The molecule has 0 fully saturated rings. The van der Waals surface area contributed by atoms with Crippen molar-refractivity contribution in [3.8, 4) is 0 Å². The number of hydrogen-bond donors (Lipinski definition) is 3. The number of aryl methyl sites for hydroxylation is 1. The molecule has 0 bridgehead atoms. The van der Waals surface area contributed by atoms with E-state index in [-0.39, 0.29) is 0 Å². The molecule has 0 aliphatic rings. The van der Waals surface area contributed by atoms with E-state index in [4.69, 9.17) is 4.74 Å². The second-order valence-corrected chi connectivity index (χ2v) is 7.13. The number of alkyl halides is 3. The van der Waals surface area contributed by atoms with Gasteiger partial charge in [0.25, 0.3) is 0 Å². The highest BCUT2D eigenvalue weighted by molar-refractivity contribution is 5.85. The third-order valence-electron chi connectivity index (χ3n) is 3.57. The summed E-state index contributed by atoms with van der Waals surface area (Å²) in [6, 6.07) is -1.04. The number of ether oxygens (including phenoxy) is 1. The zero-order valence-corrected chi connectivity index (χ0v) is 15.8. The van der Waals surface area contributed by atoms with E-state index in [9.17, 15) is 27.9 Å². The molecule has 2 atom stereocenters.